The third-order valence-electron chi connectivity index (χ3n) is 3.48. The van der Waals surface area contributed by atoms with Crippen LogP contribution in [0.5, 0.6) is 0 Å². The number of aromatic nitrogens is 2. The van der Waals surface area contributed by atoms with E-state index in [2.05, 4.69) is 4.72 Å². The van der Waals surface area contributed by atoms with E-state index in [4.69, 9.17) is 0 Å². The van der Waals surface area contributed by atoms with E-state index in [1.54, 1.807) is 30.1 Å². The molecule has 3 rings (SSSR count). The molecule has 0 aliphatic rings. The van der Waals surface area contributed by atoms with E-state index in [9.17, 15) is 8.42 Å². The van der Waals surface area contributed by atoms with E-state index < -0.39 is 10.0 Å². The minimum Gasteiger partial charge on any atom is -0.356 e. The standard InChI is InChI=1S/C16H17N3O2S/c1-13-5-6-14(19-8-3-4-9-19)11-16(13)17-22(20,21)15-7-10-18(2)12-15/h3-12,17H,1-2H3. The molecule has 1 N–H and O–H groups in total. The van der Waals surface area contributed by atoms with Crippen LogP contribution in [-0.4, -0.2) is 17.6 Å². The number of hydrogen-bond donors (Lipinski definition) is 1. The highest BCUT2D eigenvalue weighted by Gasteiger charge is 2.16. The van der Waals surface area contributed by atoms with Crippen molar-refractivity contribution in [1.82, 2.24) is 9.13 Å². The first kappa shape index (κ1) is 14.5. The number of rotatable bonds is 4. The Morgan fingerprint density at radius 1 is 1.05 bits per heavy atom. The maximum Gasteiger partial charge on any atom is 0.263 e. The molecule has 22 heavy (non-hydrogen) atoms. The third kappa shape index (κ3) is 2.78. The number of anilines is 1. The van der Waals surface area contributed by atoms with Gasteiger partial charge in [0.05, 0.1) is 5.69 Å². The topological polar surface area (TPSA) is 56.0 Å². The Hall–Kier alpha value is -2.47. The van der Waals surface area contributed by atoms with Crippen molar-refractivity contribution >= 4 is 15.7 Å². The summed E-state index contributed by atoms with van der Waals surface area (Å²) in [5.41, 5.74) is 2.35. The summed E-state index contributed by atoms with van der Waals surface area (Å²) in [6, 6.07) is 11.1. The minimum absolute atomic E-state index is 0.251. The molecule has 0 spiro atoms. The second-order valence-electron chi connectivity index (χ2n) is 5.21. The third-order valence-corrected chi connectivity index (χ3v) is 4.83. The van der Waals surface area contributed by atoms with E-state index in [-0.39, 0.29) is 4.90 Å². The van der Waals surface area contributed by atoms with Gasteiger partial charge < -0.3 is 9.13 Å². The van der Waals surface area contributed by atoms with Gasteiger partial charge in [0.15, 0.2) is 0 Å². The highest BCUT2D eigenvalue weighted by Crippen LogP contribution is 2.23. The predicted molar refractivity (Wildman–Crippen MR) is 86.7 cm³/mol. The number of sulfonamides is 1. The van der Waals surface area contributed by atoms with Gasteiger partial charge in [-0.15, -0.1) is 0 Å². The average molecular weight is 315 g/mol. The Kier molecular flexibility index (Phi) is 3.54. The summed E-state index contributed by atoms with van der Waals surface area (Å²) in [5, 5.41) is 0. The fourth-order valence-electron chi connectivity index (χ4n) is 2.23. The van der Waals surface area contributed by atoms with Gasteiger partial charge in [0.2, 0.25) is 0 Å². The fraction of sp³-hybridized carbons (Fsp3) is 0.125. The Morgan fingerprint density at radius 2 is 1.77 bits per heavy atom. The lowest BCUT2D eigenvalue weighted by molar-refractivity contribution is 0.601. The first-order valence-corrected chi connectivity index (χ1v) is 8.33. The van der Waals surface area contributed by atoms with Crippen LogP contribution in [0.1, 0.15) is 5.56 Å². The molecule has 0 unspecified atom stereocenters. The zero-order valence-electron chi connectivity index (χ0n) is 12.4. The lowest BCUT2D eigenvalue weighted by Crippen LogP contribution is -2.13. The minimum atomic E-state index is -3.58. The highest BCUT2D eigenvalue weighted by molar-refractivity contribution is 7.92. The van der Waals surface area contributed by atoms with E-state index in [1.807, 2.05) is 54.2 Å². The van der Waals surface area contributed by atoms with Gasteiger partial charge in [0.1, 0.15) is 4.90 Å². The van der Waals surface area contributed by atoms with E-state index >= 15 is 0 Å². The van der Waals surface area contributed by atoms with Gasteiger partial charge in [-0.25, -0.2) is 8.42 Å². The summed E-state index contributed by atoms with van der Waals surface area (Å²) in [6.07, 6.45) is 7.12. The van der Waals surface area contributed by atoms with Gasteiger partial charge >= 0.3 is 0 Å². The van der Waals surface area contributed by atoms with Crippen molar-refractivity contribution in [1.29, 1.82) is 0 Å². The van der Waals surface area contributed by atoms with E-state index in [0.717, 1.165) is 11.3 Å². The van der Waals surface area contributed by atoms with Crippen LogP contribution in [-0.2, 0) is 17.1 Å². The number of nitrogens with zero attached hydrogens (tertiary/aromatic N) is 2. The Bertz CT molecular complexity index is 893. The van der Waals surface area contributed by atoms with Crippen LogP contribution in [0.4, 0.5) is 5.69 Å². The highest BCUT2D eigenvalue weighted by atomic mass is 32.2. The van der Waals surface area contributed by atoms with Crippen molar-refractivity contribution in [3.8, 4) is 5.69 Å². The second-order valence-corrected chi connectivity index (χ2v) is 6.89. The van der Waals surface area contributed by atoms with Crippen molar-refractivity contribution < 1.29 is 8.42 Å². The molecule has 114 valence electrons. The van der Waals surface area contributed by atoms with E-state index in [1.165, 1.54) is 0 Å². The molecule has 0 atom stereocenters. The molecule has 0 saturated heterocycles. The molecular formula is C16H17N3O2S. The average Bonchev–Trinajstić information content (AvgIpc) is 3.12. The van der Waals surface area contributed by atoms with Crippen molar-refractivity contribution in [3.05, 3.63) is 66.7 Å². The molecule has 6 heteroatoms. The Morgan fingerprint density at radius 3 is 2.41 bits per heavy atom. The van der Waals surface area contributed by atoms with E-state index in [0.29, 0.717) is 5.69 Å². The summed E-state index contributed by atoms with van der Waals surface area (Å²) in [4.78, 5) is 0.251. The smallest absolute Gasteiger partial charge is 0.263 e. The zero-order valence-corrected chi connectivity index (χ0v) is 13.2. The lowest BCUT2D eigenvalue weighted by Gasteiger charge is -2.12. The fourth-order valence-corrected chi connectivity index (χ4v) is 3.40. The molecule has 0 aliphatic carbocycles. The predicted octanol–water partition coefficient (Wildman–Crippen LogP) is 2.93. The maximum absolute atomic E-state index is 12.4. The van der Waals surface area contributed by atoms with Gasteiger partial charge in [-0.3, -0.25) is 4.72 Å². The Balaban J connectivity index is 1.97. The molecule has 2 aromatic heterocycles. The summed E-state index contributed by atoms with van der Waals surface area (Å²) in [7, 11) is -1.79. The quantitative estimate of drug-likeness (QED) is 0.805. The zero-order chi connectivity index (χ0) is 15.7. The number of nitrogens with one attached hydrogen (secondary N) is 1. The summed E-state index contributed by atoms with van der Waals surface area (Å²) >= 11 is 0. The molecule has 0 fully saturated rings. The molecule has 0 radical (unpaired) electrons. The van der Waals surface area contributed by atoms with Crippen LogP contribution >= 0.6 is 0 Å². The Labute approximate surface area is 129 Å². The molecular weight excluding hydrogens is 298 g/mol. The van der Waals surface area contributed by atoms with Gasteiger partial charge in [-0.2, -0.15) is 0 Å². The molecule has 0 saturated carbocycles. The first-order valence-electron chi connectivity index (χ1n) is 6.84. The molecule has 1 aromatic carbocycles. The summed E-state index contributed by atoms with van der Waals surface area (Å²) in [5.74, 6) is 0. The van der Waals surface area contributed by atoms with Crippen LogP contribution in [0, 0.1) is 6.92 Å². The molecule has 5 nitrogen and oxygen atoms in total. The van der Waals surface area contributed by atoms with Crippen molar-refractivity contribution in [3.63, 3.8) is 0 Å². The lowest BCUT2D eigenvalue weighted by atomic mass is 10.2. The number of aryl methyl sites for hydroxylation is 2. The van der Waals surface area contributed by atoms with Gasteiger partial charge in [-0.05, 0) is 42.8 Å². The summed E-state index contributed by atoms with van der Waals surface area (Å²) < 4.78 is 31.2. The first-order chi connectivity index (χ1) is 10.5. The monoisotopic (exact) mass is 315 g/mol. The van der Waals surface area contributed by atoms with Crippen molar-refractivity contribution in [2.45, 2.75) is 11.8 Å². The van der Waals surface area contributed by atoms with Crippen LogP contribution in [0.3, 0.4) is 0 Å². The molecule has 3 aromatic rings. The van der Waals surface area contributed by atoms with Crippen LogP contribution in [0.2, 0.25) is 0 Å². The number of hydrogen-bond acceptors (Lipinski definition) is 2. The van der Waals surface area contributed by atoms with Crippen LogP contribution < -0.4 is 4.72 Å². The maximum atomic E-state index is 12.4. The van der Waals surface area contributed by atoms with Crippen LogP contribution in [0.15, 0.2) is 66.1 Å². The van der Waals surface area contributed by atoms with Crippen LogP contribution in [0.25, 0.3) is 5.69 Å². The van der Waals surface area contributed by atoms with Gasteiger partial charge in [-0.1, -0.05) is 6.07 Å². The second kappa shape index (κ2) is 5.38. The van der Waals surface area contributed by atoms with Crippen molar-refractivity contribution in [2.24, 2.45) is 7.05 Å². The van der Waals surface area contributed by atoms with Crippen molar-refractivity contribution in [2.75, 3.05) is 4.72 Å². The largest absolute Gasteiger partial charge is 0.356 e. The molecule has 2 heterocycles. The number of benzene rings is 1. The normalized spacial score (nSPS) is 11.5. The molecule has 0 amide bonds. The van der Waals surface area contributed by atoms with Gasteiger partial charge in [0, 0.05) is 37.5 Å². The molecule has 0 aliphatic heterocycles. The summed E-state index contributed by atoms with van der Waals surface area (Å²) in [6.45, 7) is 1.88. The SMILES string of the molecule is Cc1ccc(-n2cccc2)cc1NS(=O)(=O)c1ccn(C)c1. The molecule has 0 bridgehead atoms. The van der Waals surface area contributed by atoms with Gasteiger partial charge in [0.25, 0.3) is 10.0 Å².